The van der Waals surface area contributed by atoms with Crippen molar-refractivity contribution in [2.75, 3.05) is 30.8 Å². The molecule has 0 atom stereocenters. The normalized spacial score (nSPS) is 12.1. The molecule has 6 nitrogen and oxygen atoms in total. The standard InChI is InChI=1S/C19H26N2O4S2/c1-4-21(17-9-6-5-7-10-17)14-8-13-20-27(24,25)19-15-18(26(3,22)23)12-11-16(19)2/h5-7,9-12,15,20H,4,8,13-14H2,1-3H3. The van der Waals surface area contributed by atoms with Crippen molar-refractivity contribution >= 4 is 25.5 Å². The molecule has 0 fully saturated rings. The third kappa shape index (κ3) is 5.79. The minimum absolute atomic E-state index is 0.000770. The Balaban J connectivity index is 2.03. The van der Waals surface area contributed by atoms with Crippen LogP contribution in [0.15, 0.2) is 58.3 Å². The first-order valence-corrected chi connectivity index (χ1v) is 12.1. The van der Waals surface area contributed by atoms with Gasteiger partial charge in [-0.25, -0.2) is 21.6 Å². The van der Waals surface area contributed by atoms with Gasteiger partial charge in [0.2, 0.25) is 10.0 Å². The molecule has 0 aliphatic heterocycles. The lowest BCUT2D eigenvalue weighted by molar-refractivity contribution is 0.577. The molecule has 0 aromatic heterocycles. The van der Waals surface area contributed by atoms with Gasteiger partial charge in [-0.05, 0) is 50.1 Å². The van der Waals surface area contributed by atoms with Crippen molar-refractivity contribution < 1.29 is 16.8 Å². The molecule has 0 saturated carbocycles. The number of benzene rings is 2. The van der Waals surface area contributed by atoms with Gasteiger partial charge >= 0.3 is 0 Å². The van der Waals surface area contributed by atoms with Crippen molar-refractivity contribution in [2.45, 2.75) is 30.1 Å². The van der Waals surface area contributed by atoms with Crippen LogP contribution in [0.5, 0.6) is 0 Å². The molecule has 2 rings (SSSR count). The third-order valence-electron chi connectivity index (χ3n) is 4.28. The molecule has 8 heteroatoms. The van der Waals surface area contributed by atoms with Crippen LogP contribution in [0.1, 0.15) is 18.9 Å². The Labute approximate surface area is 162 Å². The van der Waals surface area contributed by atoms with Crippen LogP contribution in [-0.4, -0.2) is 42.7 Å². The van der Waals surface area contributed by atoms with Gasteiger partial charge in [-0.1, -0.05) is 24.3 Å². The lowest BCUT2D eigenvalue weighted by Gasteiger charge is -2.23. The molecule has 0 radical (unpaired) electrons. The largest absolute Gasteiger partial charge is 0.372 e. The first kappa shape index (κ1) is 21.4. The number of para-hydroxylation sites is 1. The van der Waals surface area contributed by atoms with Crippen molar-refractivity contribution in [3.8, 4) is 0 Å². The molecular weight excluding hydrogens is 384 g/mol. The Hall–Kier alpha value is -1.90. The maximum Gasteiger partial charge on any atom is 0.240 e. The molecular formula is C19H26N2O4S2. The maximum atomic E-state index is 12.6. The second-order valence-corrected chi connectivity index (χ2v) is 10.1. The Morgan fingerprint density at radius 3 is 2.26 bits per heavy atom. The predicted molar refractivity (Wildman–Crippen MR) is 108 cm³/mol. The number of anilines is 1. The Morgan fingerprint density at radius 2 is 1.67 bits per heavy atom. The van der Waals surface area contributed by atoms with E-state index >= 15 is 0 Å². The molecule has 0 saturated heterocycles. The number of hydrogen-bond acceptors (Lipinski definition) is 5. The fraction of sp³-hybridized carbons (Fsp3) is 0.368. The summed E-state index contributed by atoms with van der Waals surface area (Å²) >= 11 is 0. The SMILES string of the molecule is CCN(CCCNS(=O)(=O)c1cc(S(C)(=O)=O)ccc1C)c1ccccc1. The van der Waals surface area contributed by atoms with Crippen molar-refractivity contribution in [2.24, 2.45) is 0 Å². The highest BCUT2D eigenvalue weighted by molar-refractivity contribution is 7.91. The zero-order valence-electron chi connectivity index (χ0n) is 15.8. The van der Waals surface area contributed by atoms with Crippen molar-refractivity contribution in [3.63, 3.8) is 0 Å². The Bertz CT molecular complexity index is 972. The van der Waals surface area contributed by atoms with E-state index in [1.54, 1.807) is 6.92 Å². The van der Waals surface area contributed by atoms with Gasteiger partial charge in [-0.15, -0.1) is 0 Å². The Morgan fingerprint density at radius 1 is 1.00 bits per heavy atom. The number of sulfone groups is 1. The van der Waals surface area contributed by atoms with Gasteiger partial charge in [0.1, 0.15) is 0 Å². The van der Waals surface area contributed by atoms with Crippen LogP contribution in [0.4, 0.5) is 5.69 Å². The smallest absolute Gasteiger partial charge is 0.240 e. The highest BCUT2D eigenvalue weighted by Gasteiger charge is 2.19. The molecule has 0 amide bonds. The summed E-state index contributed by atoms with van der Waals surface area (Å²) in [6.45, 7) is 5.51. The van der Waals surface area contributed by atoms with Gasteiger partial charge in [-0.2, -0.15) is 0 Å². The summed E-state index contributed by atoms with van der Waals surface area (Å²) in [5.74, 6) is 0. The first-order valence-electron chi connectivity index (χ1n) is 8.75. The van der Waals surface area contributed by atoms with Crippen molar-refractivity contribution in [3.05, 3.63) is 54.1 Å². The number of rotatable bonds is 9. The van der Waals surface area contributed by atoms with Crippen LogP contribution in [-0.2, 0) is 19.9 Å². The quantitative estimate of drug-likeness (QED) is 0.643. The van der Waals surface area contributed by atoms with E-state index in [-0.39, 0.29) is 16.3 Å². The monoisotopic (exact) mass is 410 g/mol. The van der Waals surface area contributed by atoms with E-state index in [1.165, 1.54) is 18.2 Å². The molecule has 0 bridgehead atoms. The van der Waals surface area contributed by atoms with Crippen LogP contribution in [0.3, 0.4) is 0 Å². The second-order valence-electron chi connectivity index (χ2n) is 6.37. The maximum absolute atomic E-state index is 12.6. The minimum Gasteiger partial charge on any atom is -0.372 e. The van der Waals surface area contributed by atoms with E-state index in [9.17, 15) is 16.8 Å². The average molecular weight is 411 g/mol. The van der Waals surface area contributed by atoms with Crippen LogP contribution in [0, 0.1) is 6.92 Å². The van der Waals surface area contributed by atoms with Crippen LogP contribution in [0.2, 0.25) is 0 Å². The summed E-state index contributed by atoms with van der Waals surface area (Å²) in [5.41, 5.74) is 1.61. The first-order chi connectivity index (χ1) is 12.6. The molecule has 0 aliphatic rings. The summed E-state index contributed by atoms with van der Waals surface area (Å²) in [4.78, 5) is 2.17. The predicted octanol–water partition coefficient (Wildman–Crippen LogP) is 2.59. The van der Waals surface area contributed by atoms with Crippen LogP contribution >= 0.6 is 0 Å². The molecule has 0 aliphatic carbocycles. The van der Waals surface area contributed by atoms with Gasteiger partial charge in [-0.3, -0.25) is 0 Å². The lowest BCUT2D eigenvalue weighted by atomic mass is 10.2. The van der Waals surface area contributed by atoms with Gasteiger partial charge in [0, 0.05) is 31.6 Å². The summed E-state index contributed by atoms with van der Waals surface area (Å²) in [6.07, 6.45) is 1.69. The lowest BCUT2D eigenvalue weighted by Crippen LogP contribution is -2.30. The minimum atomic E-state index is -3.78. The van der Waals surface area contributed by atoms with Gasteiger partial charge in [0.25, 0.3) is 0 Å². The van der Waals surface area contributed by atoms with Crippen molar-refractivity contribution in [1.29, 1.82) is 0 Å². The number of nitrogens with one attached hydrogen (secondary N) is 1. The molecule has 0 unspecified atom stereocenters. The molecule has 0 spiro atoms. The average Bonchev–Trinajstić information content (AvgIpc) is 2.61. The van der Waals surface area contributed by atoms with Crippen molar-refractivity contribution in [1.82, 2.24) is 4.72 Å². The van der Waals surface area contributed by atoms with E-state index in [4.69, 9.17) is 0 Å². The van der Waals surface area contributed by atoms with Gasteiger partial charge in [0.15, 0.2) is 9.84 Å². The summed E-state index contributed by atoms with van der Waals surface area (Å²) in [7, 11) is -7.25. The highest BCUT2D eigenvalue weighted by Crippen LogP contribution is 2.20. The fourth-order valence-corrected chi connectivity index (χ4v) is 4.83. The van der Waals surface area contributed by atoms with Gasteiger partial charge in [0.05, 0.1) is 9.79 Å². The zero-order valence-corrected chi connectivity index (χ0v) is 17.5. The van der Waals surface area contributed by atoms with Crippen LogP contribution in [0.25, 0.3) is 0 Å². The highest BCUT2D eigenvalue weighted by atomic mass is 32.2. The fourth-order valence-electron chi connectivity index (χ4n) is 2.76. The molecule has 148 valence electrons. The second kappa shape index (κ2) is 8.86. The summed E-state index contributed by atoms with van der Waals surface area (Å²) in [6, 6.07) is 14.1. The molecule has 0 heterocycles. The topological polar surface area (TPSA) is 83.6 Å². The number of nitrogens with zero attached hydrogens (tertiary/aromatic N) is 1. The molecule has 27 heavy (non-hydrogen) atoms. The van der Waals surface area contributed by atoms with E-state index in [1.807, 2.05) is 30.3 Å². The van der Waals surface area contributed by atoms with E-state index in [0.29, 0.717) is 18.5 Å². The van der Waals surface area contributed by atoms with Crippen LogP contribution < -0.4 is 9.62 Å². The molecule has 2 aromatic rings. The molecule has 2 aromatic carbocycles. The Kier molecular flexibility index (Phi) is 7.02. The number of aryl methyl sites for hydroxylation is 1. The van der Waals surface area contributed by atoms with E-state index in [0.717, 1.165) is 18.5 Å². The molecule has 1 N–H and O–H groups in total. The number of hydrogen-bond donors (Lipinski definition) is 1. The zero-order chi connectivity index (χ0) is 20.1. The number of sulfonamides is 1. The third-order valence-corrected chi connectivity index (χ3v) is 6.99. The van der Waals surface area contributed by atoms with Gasteiger partial charge < -0.3 is 4.90 Å². The summed E-state index contributed by atoms with van der Waals surface area (Å²) < 4.78 is 51.2. The summed E-state index contributed by atoms with van der Waals surface area (Å²) in [5, 5.41) is 0. The van der Waals surface area contributed by atoms with E-state index < -0.39 is 19.9 Å². The van der Waals surface area contributed by atoms with E-state index in [2.05, 4.69) is 16.5 Å².